The van der Waals surface area contributed by atoms with Crippen LogP contribution in [0, 0.1) is 10.1 Å². The molecule has 0 radical (unpaired) electrons. The van der Waals surface area contributed by atoms with Gasteiger partial charge in [0.25, 0.3) is 5.69 Å². The summed E-state index contributed by atoms with van der Waals surface area (Å²) < 4.78 is 6.75. The van der Waals surface area contributed by atoms with Gasteiger partial charge in [0, 0.05) is 35.3 Å². The average molecular weight is 485 g/mol. The first-order valence-electron chi connectivity index (χ1n) is 8.36. The number of nitro benzene ring substituents is 1. The molecule has 0 aliphatic heterocycles. The minimum Gasteiger partial charge on any atom is -0.460 e. The van der Waals surface area contributed by atoms with Gasteiger partial charge in [-0.15, -0.1) is 0 Å². The summed E-state index contributed by atoms with van der Waals surface area (Å²) in [6, 6.07) is 13.8. The third-order valence-electron chi connectivity index (χ3n) is 3.94. The predicted molar refractivity (Wildman–Crippen MR) is 115 cm³/mol. The molecule has 0 aliphatic rings. The lowest BCUT2D eigenvalue weighted by molar-refractivity contribution is -0.384. The Morgan fingerprint density at radius 1 is 1.04 bits per heavy atom. The summed E-state index contributed by atoms with van der Waals surface area (Å²) in [6.45, 7) is 1.82. The molecule has 3 rings (SSSR count). The fourth-order valence-corrected chi connectivity index (χ4v) is 3.57. The topological polar surface area (TPSA) is 80.3 Å². The number of nitro groups is 1. The van der Waals surface area contributed by atoms with E-state index in [1.807, 2.05) is 30.3 Å². The van der Waals surface area contributed by atoms with Gasteiger partial charge in [0.1, 0.15) is 11.5 Å². The smallest absolute Gasteiger partial charge is 0.271 e. The number of non-ortho nitro benzene ring substituents is 1. The number of nitrogens with one attached hydrogen (secondary N) is 2. The van der Waals surface area contributed by atoms with Gasteiger partial charge in [-0.3, -0.25) is 10.1 Å². The molecule has 2 aromatic carbocycles. The zero-order valence-corrected chi connectivity index (χ0v) is 17.6. The summed E-state index contributed by atoms with van der Waals surface area (Å²) in [5.74, 6) is 1.51. The molecule has 0 amide bonds. The minimum absolute atomic E-state index is 0.0341. The molecular formula is C19H16BrCl2N3O3. The number of furan rings is 1. The van der Waals surface area contributed by atoms with Gasteiger partial charge in [0.2, 0.25) is 0 Å². The third kappa shape index (κ3) is 5.26. The first kappa shape index (κ1) is 20.7. The van der Waals surface area contributed by atoms with Crippen LogP contribution in [-0.4, -0.2) is 18.0 Å². The second-order valence-corrected chi connectivity index (χ2v) is 7.65. The lowest BCUT2D eigenvalue weighted by atomic mass is 10.2. The van der Waals surface area contributed by atoms with E-state index in [2.05, 4.69) is 26.6 Å². The molecule has 0 atom stereocenters. The fourth-order valence-electron chi connectivity index (χ4n) is 2.57. The van der Waals surface area contributed by atoms with Crippen molar-refractivity contribution in [3.8, 4) is 11.3 Å². The average Bonchev–Trinajstić information content (AvgIpc) is 3.11. The Labute approximate surface area is 180 Å². The molecule has 146 valence electrons. The zero-order chi connectivity index (χ0) is 20.1. The lowest BCUT2D eigenvalue weighted by Gasteiger charge is -2.08. The Morgan fingerprint density at radius 3 is 2.57 bits per heavy atom. The SMILES string of the molecule is O=[N+]([O-])c1ccc(NCCNCc2ccc(-c3ccc(Br)cc3Cl)o2)c(Cl)c1. The maximum absolute atomic E-state index is 10.7. The molecule has 0 saturated heterocycles. The number of rotatable bonds is 8. The second kappa shape index (κ2) is 9.43. The van der Waals surface area contributed by atoms with Gasteiger partial charge in [-0.1, -0.05) is 39.1 Å². The number of nitrogens with zero attached hydrogens (tertiary/aromatic N) is 1. The summed E-state index contributed by atoms with van der Waals surface area (Å²) in [5, 5.41) is 18.1. The molecule has 0 bridgehead atoms. The van der Waals surface area contributed by atoms with Gasteiger partial charge < -0.3 is 15.1 Å². The molecule has 28 heavy (non-hydrogen) atoms. The van der Waals surface area contributed by atoms with Crippen LogP contribution in [0.25, 0.3) is 11.3 Å². The lowest BCUT2D eigenvalue weighted by Crippen LogP contribution is -2.21. The highest BCUT2D eigenvalue weighted by atomic mass is 79.9. The Kier molecular flexibility index (Phi) is 6.96. The fraction of sp³-hybridized carbons (Fsp3) is 0.158. The van der Waals surface area contributed by atoms with Crippen molar-refractivity contribution in [3.63, 3.8) is 0 Å². The highest BCUT2D eigenvalue weighted by Crippen LogP contribution is 2.31. The predicted octanol–water partition coefficient (Wildman–Crippen LogP) is 6.13. The van der Waals surface area contributed by atoms with Crippen LogP contribution in [0.1, 0.15) is 5.76 Å². The van der Waals surface area contributed by atoms with Crippen molar-refractivity contribution in [1.82, 2.24) is 5.32 Å². The Morgan fingerprint density at radius 2 is 1.86 bits per heavy atom. The van der Waals surface area contributed by atoms with Crippen LogP contribution in [0.2, 0.25) is 10.0 Å². The molecule has 0 unspecified atom stereocenters. The van der Waals surface area contributed by atoms with Gasteiger partial charge in [0.15, 0.2) is 0 Å². The molecule has 6 nitrogen and oxygen atoms in total. The van der Waals surface area contributed by atoms with E-state index in [9.17, 15) is 10.1 Å². The highest BCUT2D eigenvalue weighted by Gasteiger charge is 2.10. The molecule has 3 aromatic rings. The molecule has 0 spiro atoms. The quantitative estimate of drug-likeness (QED) is 0.228. The third-order valence-corrected chi connectivity index (χ3v) is 5.06. The number of anilines is 1. The second-order valence-electron chi connectivity index (χ2n) is 5.91. The van der Waals surface area contributed by atoms with Gasteiger partial charge in [-0.25, -0.2) is 0 Å². The van der Waals surface area contributed by atoms with Crippen molar-refractivity contribution in [2.45, 2.75) is 6.54 Å². The van der Waals surface area contributed by atoms with E-state index < -0.39 is 4.92 Å². The van der Waals surface area contributed by atoms with Crippen molar-refractivity contribution in [3.05, 3.63) is 78.9 Å². The van der Waals surface area contributed by atoms with Crippen LogP contribution < -0.4 is 10.6 Å². The van der Waals surface area contributed by atoms with Crippen LogP contribution in [0.15, 0.2) is 57.4 Å². The molecule has 0 aliphatic carbocycles. The van der Waals surface area contributed by atoms with Gasteiger partial charge >= 0.3 is 0 Å². The number of hydrogen-bond acceptors (Lipinski definition) is 5. The molecule has 2 N–H and O–H groups in total. The number of halogens is 3. The molecular weight excluding hydrogens is 469 g/mol. The van der Waals surface area contributed by atoms with Crippen LogP contribution in [0.4, 0.5) is 11.4 Å². The Hall–Kier alpha value is -2.06. The number of benzene rings is 2. The van der Waals surface area contributed by atoms with Crippen molar-refractivity contribution >= 4 is 50.5 Å². The maximum Gasteiger partial charge on any atom is 0.271 e. The summed E-state index contributed by atoms with van der Waals surface area (Å²) in [6.07, 6.45) is 0. The van der Waals surface area contributed by atoms with E-state index in [1.165, 1.54) is 12.1 Å². The van der Waals surface area contributed by atoms with E-state index >= 15 is 0 Å². The molecule has 0 fully saturated rings. The van der Waals surface area contributed by atoms with Crippen molar-refractivity contribution in [1.29, 1.82) is 0 Å². The monoisotopic (exact) mass is 483 g/mol. The number of hydrogen-bond donors (Lipinski definition) is 2. The normalized spacial score (nSPS) is 10.8. The summed E-state index contributed by atoms with van der Waals surface area (Å²) in [5.41, 5.74) is 1.46. The van der Waals surface area contributed by atoms with Crippen molar-refractivity contribution < 1.29 is 9.34 Å². The standard InChI is InChI=1S/C19H16BrCl2N3O3/c20-12-1-4-15(16(21)9-12)19-6-3-14(28-19)11-23-7-8-24-18-5-2-13(25(26)27)10-17(18)22/h1-6,9-10,23-24H,7-8,11H2. The first-order valence-corrected chi connectivity index (χ1v) is 9.91. The molecule has 9 heteroatoms. The minimum atomic E-state index is -0.476. The largest absolute Gasteiger partial charge is 0.460 e. The summed E-state index contributed by atoms with van der Waals surface area (Å²) >= 11 is 15.7. The van der Waals surface area contributed by atoms with Gasteiger partial charge in [0.05, 0.1) is 27.2 Å². The van der Waals surface area contributed by atoms with E-state index in [-0.39, 0.29) is 5.69 Å². The zero-order valence-electron chi connectivity index (χ0n) is 14.5. The molecule has 1 aromatic heterocycles. The highest BCUT2D eigenvalue weighted by molar-refractivity contribution is 9.10. The van der Waals surface area contributed by atoms with Crippen LogP contribution >= 0.6 is 39.1 Å². The summed E-state index contributed by atoms with van der Waals surface area (Å²) in [4.78, 5) is 10.2. The van der Waals surface area contributed by atoms with Crippen LogP contribution in [0.3, 0.4) is 0 Å². The summed E-state index contributed by atoms with van der Waals surface area (Å²) in [7, 11) is 0. The maximum atomic E-state index is 10.7. The van der Waals surface area contributed by atoms with E-state index in [4.69, 9.17) is 27.6 Å². The molecule has 0 saturated carbocycles. The van der Waals surface area contributed by atoms with E-state index in [1.54, 1.807) is 6.07 Å². The van der Waals surface area contributed by atoms with Crippen molar-refractivity contribution in [2.75, 3.05) is 18.4 Å². The Balaban J connectivity index is 1.47. The van der Waals surface area contributed by atoms with Gasteiger partial charge in [-0.2, -0.15) is 0 Å². The van der Waals surface area contributed by atoms with Gasteiger partial charge in [-0.05, 0) is 36.4 Å². The Bertz CT molecular complexity index is 994. The van der Waals surface area contributed by atoms with Crippen LogP contribution in [0.5, 0.6) is 0 Å². The molecule has 1 heterocycles. The van der Waals surface area contributed by atoms with E-state index in [0.29, 0.717) is 41.1 Å². The van der Waals surface area contributed by atoms with Crippen molar-refractivity contribution in [2.24, 2.45) is 0 Å². The van der Waals surface area contributed by atoms with Crippen LogP contribution in [-0.2, 0) is 6.54 Å². The van der Waals surface area contributed by atoms with E-state index in [0.717, 1.165) is 15.8 Å². The first-order chi connectivity index (χ1) is 13.4.